The monoisotopic (exact) mass is 281 g/mol. The summed E-state index contributed by atoms with van der Waals surface area (Å²) >= 11 is 0. The lowest BCUT2D eigenvalue weighted by Crippen LogP contribution is -2.38. The molecular formula is C14H19NO5. The number of aliphatic carboxylic acids is 1. The largest absolute Gasteiger partial charge is 0.493 e. The second kappa shape index (κ2) is 7.37. The number of carboxylic acid groups (broad SMARTS) is 1. The van der Waals surface area contributed by atoms with Crippen LogP contribution in [0.5, 0.6) is 11.5 Å². The Labute approximate surface area is 117 Å². The van der Waals surface area contributed by atoms with Gasteiger partial charge in [0, 0.05) is 6.42 Å². The number of hydrogen-bond donors (Lipinski definition) is 2. The van der Waals surface area contributed by atoms with Gasteiger partial charge in [-0.1, -0.05) is 6.07 Å². The first-order chi connectivity index (χ1) is 9.47. The van der Waals surface area contributed by atoms with Gasteiger partial charge in [0.15, 0.2) is 11.5 Å². The maximum Gasteiger partial charge on any atom is 0.325 e. The summed E-state index contributed by atoms with van der Waals surface area (Å²) in [6.07, 6.45) is 0.714. The Hall–Kier alpha value is -2.24. The van der Waals surface area contributed by atoms with Crippen molar-refractivity contribution >= 4 is 11.9 Å². The van der Waals surface area contributed by atoms with Gasteiger partial charge < -0.3 is 19.9 Å². The number of nitrogens with one attached hydrogen (secondary N) is 1. The van der Waals surface area contributed by atoms with Gasteiger partial charge in [-0.05, 0) is 31.0 Å². The lowest BCUT2D eigenvalue weighted by Gasteiger charge is -2.11. The fourth-order valence-electron chi connectivity index (χ4n) is 1.67. The van der Waals surface area contributed by atoms with Crippen LogP contribution in [0.4, 0.5) is 0 Å². The van der Waals surface area contributed by atoms with Crippen molar-refractivity contribution in [1.29, 1.82) is 0 Å². The van der Waals surface area contributed by atoms with E-state index >= 15 is 0 Å². The maximum absolute atomic E-state index is 11.6. The topological polar surface area (TPSA) is 84.9 Å². The molecule has 1 atom stereocenters. The molecular weight excluding hydrogens is 262 g/mol. The maximum atomic E-state index is 11.6. The van der Waals surface area contributed by atoms with E-state index in [1.165, 1.54) is 6.92 Å². The quantitative estimate of drug-likeness (QED) is 0.785. The smallest absolute Gasteiger partial charge is 0.325 e. The number of ether oxygens (including phenoxy) is 2. The fourth-order valence-corrected chi connectivity index (χ4v) is 1.67. The van der Waals surface area contributed by atoms with Gasteiger partial charge in [-0.3, -0.25) is 9.59 Å². The minimum atomic E-state index is -1.05. The Balaban J connectivity index is 2.57. The van der Waals surface area contributed by atoms with Crippen molar-refractivity contribution in [2.45, 2.75) is 25.8 Å². The van der Waals surface area contributed by atoms with Gasteiger partial charge in [0.1, 0.15) is 6.04 Å². The summed E-state index contributed by atoms with van der Waals surface area (Å²) in [5.41, 5.74) is 0.917. The van der Waals surface area contributed by atoms with E-state index < -0.39 is 12.0 Å². The van der Waals surface area contributed by atoms with Crippen LogP contribution in [0.1, 0.15) is 18.9 Å². The van der Waals surface area contributed by atoms with Crippen LogP contribution in [0.3, 0.4) is 0 Å². The van der Waals surface area contributed by atoms with Gasteiger partial charge in [-0.25, -0.2) is 0 Å². The van der Waals surface area contributed by atoms with E-state index in [1.54, 1.807) is 26.4 Å². The number of carbonyl (C=O) groups is 2. The molecule has 1 aromatic rings. The summed E-state index contributed by atoms with van der Waals surface area (Å²) < 4.78 is 10.3. The Bertz CT molecular complexity index is 486. The predicted octanol–water partition coefficient (Wildman–Crippen LogP) is 1.23. The summed E-state index contributed by atoms with van der Waals surface area (Å²) in [5.74, 6) is -0.122. The highest BCUT2D eigenvalue weighted by molar-refractivity contribution is 5.83. The minimum absolute atomic E-state index is 0.215. The van der Waals surface area contributed by atoms with Crippen LogP contribution in [0.2, 0.25) is 0 Å². The second-order valence-electron chi connectivity index (χ2n) is 4.32. The van der Waals surface area contributed by atoms with Gasteiger partial charge in [0.2, 0.25) is 5.91 Å². The Morgan fingerprint density at radius 3 is 2.45 bits per heavy atom. The number of carbonyl (C=O) groups excluding carboxylic acids is 1. The molecule has 6 heteroatoms. The average molecular weight is 281 g/mol. The van der Waals surface area contributed by atoms with E-state index in [-0.39, 0.29) is 12.3 Å². The molecule has 20 heavy (non-hydrogen) atoms. The molecule has 0 heterocycles. The molecule has 0 radical (unpaired) electrons. The van der Waals surface area contributed by atoms with Crippen molar-refractivity contribution in [2.75, 3.05) is 14.2 Å². The first kappa shape index (κ1) is 15.8. The summed E-state index contributed by atoms with van der Waals surface area (Å²) in [6, 6.07) is 4.53. The van der Waals surface area contributed by atoms with E-state index in [9.17, 15) is 9.59 Å². The summed E-state index contributed by atoms with van der Waals surface area (Å²) in [6.45, 7) is 1.43. The zero-order valence-electron chi connectivity index (χ0n) is 11.8. The average Bonchev–Trinajstić information content (AvgIpc) is 2.44. The van der Waals surface area contributed by atoms with Crippen LogP contribution in [0.15, 0.2) is 18.2 Å². The number of amides is 1. The van der Waals surface area contributed by atoms with Gasteiger partial charge in [0.05, 0.1) is 14.2 Å². The lowest BCUT2D eigenvalue weighted by atomic mass is 10.1. The molecule has 2 N–H and O–H groups in total. The van der Waals surface area contributed by atoms with E-state index in [0.29, 0.717) is 17.9 Å². The lowest BCUT2D eigenvalue weighted by molar-refractivity contribution is -0.141. The third-order valence-electron chi connectivity index (χ3n) is 2.84. The van der Waals surface area contributed by atoms with E-state index in [1.807, 2.05) is 6.07 Å². The molecule has 110 valence electrons. The molecule has 1 aromatic carbocycles. The number of methoxy groups -OCH3 is 2. The zero-order chi connectivity index (χ0) is 15.1. The molecule has 0 saturated heterocycles. The number of hydrogen-bond acceptors (Lipinski definition) is 4. The van der Waals surface area contributed by atoms with Crippen LogP contribution in [-0.2, 0) is 16.0 Å². The van der Waals surface area contributed by atoms with Crippen LogP contribution < -0.4 is 14.8 Å². The fraction of sp³-hybridized carbons (Fsp3) is 0.429. The molecule has 0 aliphatic carbocycles. The van der Waals surface area contributed by atoms with Crippen LogP contribution in [-0.4, -0.2) is 37.2 Å². The summed E-state index contributed by atoms with van der Waals surface area (Å²) in [5, 5.41) is 11.1. The number of benzene rings is 1. The standard InChI is InChI=1S/C14H19NO5/c1-9(14(17)18)15-13(16)7-5-10-4-6-11(19-2)12(8-10)20-3/h4,6,8-9H,5,7H2,1-3H3,(H,15,16)(H,17,18)/t9-/m1/s1. The number of carboxylic acids is 1. The molecule has 0 aromatic heterocycles. The zero-order valence-corrected chi connectivity index (χ0v) is 11.8. The highest BCUT2D eigenvalue weighted by Gasteiger charge is 2.14. The molecule has 6 nitrogen and oxygen atoms in total. The third kappa shape index (κ3) is 4.46. The van der Waals surface area contributed by atoms with E-state index in [0.717, 1.165) is 5.56 Å². The number of rotatable bonds is 7. The van der Waals surface area contributed by atoms with Crippen molar-refractivity contribution in [3.05, 3.63) is 23.8 Å². The van der Waals surface area contributed by atoms with Crippen LogP contribution in [0, 0.1) is 0 Å². The molecule has 1 amide bonds. The molecule has 0 unspecified atom stereocenters. The predicted molar refractivity (Wildman–Crippen MR) is 73.1 cm³/mol. The molecule has 0 spiro atoms. The molecule has 0 aliphatic heterocycles. The molecule has 1 rings (SSSR count). The normalized spacial score (nSPS) is 11.6. The molecule has 0 bridgehead atoms. The first-order valence-corrected chi connectivity index (χ1v) is 6.21. The Kier molecular flexibility index (Phi) is 5.83. The van der Waals surface area contributed by atoms with Crippen molar-refractivity contribution in [3.63, 3.8) is 0 Å². The highest BCUT2D eigenvalue weighted by atomic mass is 16.5. The van der Waals surface area contributed by atoms with Crippen LogP contribution >= 0.6 is 0 Å². The minimum Gasteiger partial charge on any atom is -0.493 e. The molecule has 0 aliphatic rings. The SMILES string of the molecule is COc1ccc(CCC(=O)N[C@H](C)C(=O)O)cc1OC. The molecule has 0 saturated carbocycles. The van der Waals surface area contributed by atoms with Gasteiger partial charge in [0.25, 0.3) is 0 Å². The Morgan fingerprint density at radius 2 is 1.90 bits per heavy atom. The summed E-state index contributed by atoms with van der Waals surface area (Å²) in [7, 11) is 3.10. The van der Waals surface area contributed by atoms with Crippen molar-refractivity contribution in [2.24, 2.45) is 0 Å². The number of aryl methyl sites for hydroxylation is 1. The van der Waals surface area contributed by atoms with Gasteiger partial charge in [-0.2, -0.15) is 0 Å². The van der Waals surface area contributed by atoms with Gasteiger partial charge in [-0.15, -0.1) is 0 Å². The molecule has 0 fully saturated rings. The van der Waals surface area contributed by atoms with Crippen molar-refractivity contribution in [3.8, 4) is 11.5 Å². The van der Waals surface area contributed by atoms with Crippen molar-refractivity contribution in [1.82, 2.24) is 5.32 Å². The van der Waals surface area contributed by atoms with Gasteiger partial charge >= 0.3 is 5.97 Å². The van der Waals surface area contributed by atoms with Crippen molar-refractivity contribution < 1.29 is 24.2 Å². The highest BCUT2D eigenvalue weighted by Crippen LogP contribution is 2.27. The second-order valence-corrected chi connectivity index (χ2v) is 4.32. The Morgan fingerprint density at radius 1 is 1.25 bits per heavy atom. The first-order valence-electron chi connectivity index (χ1n) is 6.21. The third-order valence-corrected chi connectivity index (χ3v) is 2.84. The van der Waals surface area contributed by atoms with Crippen LogP contribution in [0.25, 0.3) is 0 Å². The van der Waals surface area contributed by atoms with E-state index in [2.05, 4.69) is 5.32 Å². The van der Waals surface area contributed by atoms with E-state index in [4.69, 9.17) is 14.6 Å². The summed E-state index contributed by atoms with van der Waals surface area (Å²) in [4.78, 5) is 22.2.